The molecule has 0 saturated carbocycles. The van der Waals surface area contributed by atoms with Crippen molar-refractivity contribution in [3.8, 4) is 0 Å². The van der Waals surface area contributed by atoms with Gasteiger partial charge in [-0.25, -0.2) is 0 Å². The molecule has 2 rings (SSSR count). The maximum absolute atomic E-state index is 11.1. The highest BCUT2D eigenvalue weighted by Gasteiger charge is 2.26. The van der Waals surface area contributed by atoms with Crippen LogP contribution < -0.4 is 5.32 Å². The van der Waals surface area contributed by atoms with Gasteiger partial charge in [-0.3, -0.25) is 14.5 Å². The summed E-state index contributed by atoms with van der Waals surface area (Å²) in [5, 5.41) is 7.64. The monoisotopic (exact) mass is 321 g/mol. The molecule has 1 aliphatic heterocycles. The van der Waals surface area contributed by atoms with E-state index < -0.39 is 0 Å². The number of unbranched alkanes of at least 4 members (excludes halogenated alkanes) is 1. The van der Waals surface area contributed by atoms with E-state index in [0.717, 1.165) is 44.9 Å². The Hall–Kier alpha value is -2.05. The second-order valence-corrected chi connectivity index (χ2v) is 5.89. The summed E-state index contributed by atoms with van der Waals surface area (Å²) < 4.78 is 6.49. The number of esters is 1. The molecule has 0 spiro atoms. The Morgan fingerprint density at radius 2 is 2.35 bits per heavy atom. The molecule has 1 aromatic rings. The minimum Gasteiger partial charge on any atom is -0.469 e. The van der Waals surface area contributed by atoms with Gasteiger partial charge in [-0.2, -0.15) is 5.10 Å². The lowest BCUT2D eigenvalue weighted by Crippen LogP contribution is -2.40. The molecule has 2 heterocycles. The first-order chi connectivity index (χ1) is 11.1. The van der Waals surface area contributed by atoms with Crippen molar-refractivity contribution in [2.24, 2.45) is 12.0 Å². The van der Waals surface area contributed by atoms with E-state index in [4.69, 9.17) is 0 Å². The third-order valence-electron chi connectivity index (χ3n) is 4.21. The van der Waals surface area contributed by atoms with Gasteiger partial charge in [0.1, 0.15) is 0 Å². The lowest BCUT2D eigenvalue weighted by molar-refractivity contribution is -0.140. The van der Waals surface area contributed by atoms with Crippen molar-refractivity contribution in [2.45, 2.75) is 31.6 Å². The third-order valence-corrected chi connectivity index (χ3v) is 4.21. The Bertz CT molecular complexity index is 540. The van der Waals surface area contributed by atoms with Gasteiger partial charge in [-0.1, -0.05) is 0 Å². The summed E-state index contributed by atoms with van der Waals surface area (Å²) in [6.07, 6.45) is 7.40. The first-order valence-electron chi connectivity index (χ1n) is 8.15. The molecule has 0 aliphatic carbocycles. The van der Waals surface area contributed by atoms with Crippen LogP contribution in [0.5, 0.6) is 0 Å². The Morgan fingerprint density at radius 3 is 3.00 bits per heavy atom. The van der Waals surface area contributed by atoms with Gasteiger partial charge in [0, 0.05) is 52.3 Å². The minimum absolute atomic E-state index is 0.145. The Morgan fingerprint density at radius 1 is 1.52 bits per heavy atom. The van der Waals surface area contributed by atoms with Gasteiger partial charge in [0.15, 0.2) is 5.96 Å². The van der Waals surface area contributed by atoms with Crippen LogP contribution >= 0.6 is 0 Å². The molecule has 1 fully saturated rings. The number of nitrogens with one attached hydrogen (secondary N) is 1. The summed E-state index contributed by atoms with van der Waals surface area (Å²) in [6, 6.07) is 0. The van der Waals surface area contributed by atoms with E-state index in [2.05, 4.69) is 31.2 Å². The molecule has 1 N–H and O–H groups in total. The molecule has 1 atom stereocenters. The molecule has 1 aromatic heterocycles. The van der Waals surface area contributed by atoms with E-state index in [1.165, 1.54) is 12.7 Å². The van der Waals surface area contributed by atoms with Crippen molar-refractivity contribution >= 4 is 11.9 Å². The quantitative estimate of drug-likeness (QED) is 0.368. The number of ether oxygens (including phenoxy) is 1. The average molecular weight is 321 g/mol. The lowest BCUT2D eigenvalue weighted by atomic mass is 10.0. The normalized spacial score (nSPS) is 18.3. The summed E-state index contributed by atoms with van der Waals surface area (Å²) in [6.45, 7) is 2.78. The van der Waals surface area contributed by atoms with Crippen molar-refractivity contribution in [3.63, 3.8) is 0 Å². The topological polar surface area (TPSA) is 71.8 Å². The van der Waals surface area contributed by atoms with Crippen molar-refractivity contribution in [1.82, 2.24) is 20.0 Å². The van der Waals surface area contributed by atoms with Gasteiger partial charge in [-0.15, -0.1) is 0 Å². The van der Waals surface area contributed by atoms with Crippen molar-refractivity contribution in [2.75, 3.05) is 33.8 Å². The number of carbonyl (C=O) groups excluding carboxylic acids is 1. The highest BCUT2D eigenvalue weighted by molar-refractivity contribution is 5.80. The predicted octanol–water partition coefficient (Wildman–Crippen LogP) is 1.13. The van der Waals surface area contributed by atoms with Crippen LogP contribution in [0, 0.1) is 0 Å². The molecule has 0 radical (unpaired) electrons. The molecular weight excluding hydrogens is 294 g/mol. The number of aryl methyl sites for hydroxylation is 1. The van der Waals surface area contributed by atoms with Crippen LogP contribution in [0.4, 0.5) is 0 Å². The fraction of sp³-hybridized carbons (Fsp3) is 0.688. The number of nitrogens with zero attached hydrogens (tertiary/aromatic N) is 4. The smallest absolute Gasteiger partial charge is 0.305 e. The highest BCUT2D eigenvalue weighted by atomic mass is 16.5. The predicted molar refractivity (Wildman–Crippen MR) is 89.4 cm³/mol. The van der Waals surface area contributed by atoms with Crippen LogP contribution in [0.3, 0.4) is 0 Å². The van der Waals surface area contributed by atoms with Crippen LogP contribution in [0.15, 0.2) is 17.4 Å². The number of likely N-dealkylation sites (tertiary alicyclic amines) is 1. The highest BCUT2D eigenvalue weighted by Crippen LogP contribution is 2.26. The summed E-state index contributed by atoms with van der Waals surface area (Å²) >= 11 is 0. The lowest BCUT2D eigenvalue weighted by Gasteiger charge is -2.21. The number of guanidine groups is 1. The number of aromatic nitrogens is 2. The second kappa shape index (κ2) is 8.55. The number of hydrogen-bond donors (Lipinski definition) is 1. The van der Waals surface area contributed by atoms with Gasteiger partial charge in [-0.05, 0) is 24.8 Å². The average Bonchev–Trinajstić information content (AvgIpc) is 3.19. The fourth-order valence-electron chi connectivity index (χ4n) is 2.90. The summed E-state index contributed by atoms with van der Waals surface area (Å²) in [5.74, 6) is 1.31. The largest absolute Gasteiger partial charge is 0.469 e. The minimum atomic E-state index is -0.145. The van der Waals surface area contributed by atoms with E-state index >= 15 is 0 Å². The Kier molecular flexibility index (Phi) is 6.43. The molecule has 1 saturated heterocycles. The van der Waals surface area contributed by atoms with Crippen LogP contribution in [0.1, 0.15) is 37.2 Å². The first kappa shape index (κ1) is 17.3. The molecule has 7 nitrogen and oxygen atoms in total. The summed E-state index contributed by atoms with van der Waals surface area (Å²) in [7, 11) is 5.19. The number of carbonyl (C=O) groups is 1. The molecule has 1 unspecified atom stereocenters. The van der Waals surface area contributed by atoms with Crippen molar-refractivity contribution in [1.29, 1.82) is 0 Å². The molecule has 0 aromatic carbocycles. The van der Waals surface area contributed by atoms with E-state index in [1.807, 2.05) is 25.0 Å². The van der Waals surface area contributed by atoms with Gasteiger partial charge in [0.2, 0.25) is 0 Å². The fourth-order valence-corrected chi connectivity index (χ4v) is 2.90. The zero-order valence-corrected chi connectivity index (χ0v) is 14.3. The van der Waals surface area contributed by atoms with Crippen LogP contribution in [-0.4, -0.2) is 60.4 Å². The maximum Gasteiger partial charge on any atom is 0.305 e. The summed E-state index contributed by atoms with van der Waals surface area (Å²) in [4.78, 5) is 17.7. The second-order valence-electron chi connectivity index (χ2n) is 5.89. The van der Waals surface area contributed by atoms with E-state index in [9.17, 15) is 4.79 Å². The zero-order chi connectivity index (χ0) is 16.7. The molecule has 0 bridgehead atoms. The van der Waals surface area contributed by atoms with Gasteiger partial charge in [0.25, 0.3) is 0 Å². The SMILES string of the molecule is CN=C(NCCCCC(=O)OC)N1CCC(c2cnn(C)c2)C1. The summed E-state index contributed by atoms with van der Waals surface area (Å²) in [5.41, 5.74) is 1.29. The third kappa shape index (κ3) is 4.97. The van der Waals surface area contributed by atoms with E-state index in [0.29, 0.717) is 12.3 Å². The number of rotatable bonds is 6. The zero-order valence-electron chi connectivity index (χ0n) is 14.3. The van der Waals surface area contributed by atoms with Crippen molar-refractivity contribution in [3.05, 3.63) is 18.0 Å². The molecule has 7 heteroatoms. The Balaban J connectivity index is 1.73. The van der Waals surface area contributed by atoms with Crippen LogP contribution in [0.25, 0.3) is 0 Å². The van der Waals surface area contributed by atoms with Crippen LogP contribution in [-0.2, 0) is 16.6 Å². The van der Waals surface area contributed by atoms with Crippen LogP contribution in [0.2, 0.25) is 0 Å². The number of methoxy groups -OCH3 is 1. The standard InChI is InChI=1S/C16H27N5O2/c1-17-16(18-8-5-4-6-15(22)23-3)21-9-7-13(12-21)14-10-19-20(2)11-14/h10-11,13H,4-9,12H2,1-3H3,(H,17,18). The van der Waals surface area contributed by atoms with Gasteiger partial charge < -0.3 is 15.0 Å². The van der Waals surface area contributed by atoms with E-state index in [1.54, 1.807) is 0 Å². The number of aliphatic imine (C=N–C) groups is 1. The molecule has 128 valence electrons. The Labute approximate surface area is 137 Å². The number of hydrogen-bond acceptors (Lipinski definition) is 4. The van der Waals surface area contributed by atoms with Gasteiger partial charge in [0.05, 0.1) is 13.3 Å². The molecule has 1 aliphatic rings. The molecule has 0 amide bonds. The maximum atomic E-state index is 11.1. The molecular formula is C16H27N5O2. The van der Waals surface area contributed by atoms with Crippen molar-refractivity contribution < 1.29 is 9.53 Å². The van der Waals surface area contributed by atoms with E-state index in [-0.39, 0.29) is 5.97 Å². The van der Waals surface area contributed by atoms with Gasteiger partial charge >= 0.3 is 5.97 Å². The first-order valence-corrected chi connectivity index (χ1v) is 8.15. The molecule has 23 heavy (non-hydrogen) atoms.